The summed E-state index contributed by atoms with van der Waals surface area (Å²) < 4.78 is 33.2. The number of carbonyl (C=O) groups is 1. The maximum atomic E-state index is 12.6. The predicted molar refractivity (Wildman–Crippen MR) is 228 cm³/mol. The summed E-state index contributed by atoms with van der Waals surface area (Å²) in [4.78, 5) is 22.6. The summed E-state index contributed by atoms with van der Waals surface area (Å²) >= 11 is 0. The summed E-state index contributed by atoms with van der Waals surface area (Å²) in [5.41, 5.74) is 0. The van der Waals surface area contributed by atoms with E-state index in [0.29, 0.717) is 0 Å². The van der Waals surface area contributed by atoms with Crippen molar-refractivity contribution in [1.82, 2.24) is 0 Å². The Balaban J connectivity index is 4.14. The number of phosphoric acid groups is 1. The van der Waals surface area contributed by atoms with Gasteiger partial charge in [-0.1, -0.05) is 206 Å². The number of allylic oxidation sites excluding steroid dienone is 1. The molecule has 0 amide bonds. The van der Waals surface area contributed by atoms with Gasteiger partial charge in [0.25, 0.3) is 0 Å². The van der Waals surface area contributed by atoms with Crippen LogP contribution in [0.4, 0.5) is 0 Å². The largest absolute Gasteiger partial charge is 0.498 e. The number of esters is 1. The zero-order valence-electron chi connectivity index (χ0n) is 35.9. The van der Waals surface area contributed by atoms with Crippen molar-refractivity contribution in [3.05, 3.63) is 12.3 Å². The van der Waals surface area contributed by atoms with Crippen LogP contribution in [0.5, 0.6) is 0 Å². The van der Waals surface area contributed by atoms with Crippen LogP contribution in [-0.4, -0.2) is 59.7 Å². The standard InChI is InChI=1S/C45H89O9P/c1-3-5-7-9-11-13-15-17-19-21-22-24-26-28-30-32-34-36-38-51-41-44(42-53-55(49,50)52-40-43(47)39-46)54-45(48)37-35-33-31-29-27-25-23-20-18-16-14-12-10-8-6-4-2/h36,38,43-44,46-47H,3-35,37,39-42H2,1-2H3,(H,49,50)/b38-36-/t43-,44+/m0/s1. The number of phosphoric ester groups is 1. The van der Waals surface area contributed by atoms with E-state index < -0.39 is 45.8 Å². The number of rotatable bonds is 45. The highest BCUT2D eigenvalue weighted by atomic mass is 31.2. The van der Waals surface area contributed by atoms with Gasteiger partial charge in [0, 0.05) is 6.42 Å². The lowest BCUT2D eigenvalue weighted by Crippen LogP contribution is -2.28. The minimum absolute atomic E-state index is 0.0284. The van der Waals surface area contributed by atoms with E-state index in [9.17, 15) is 19.4 Å². The molecule has 0 aliphatic rings. The van der Waals surface area contributed by atoms with Crippen molar-refractivity contribution < 1.29 is 43.0 Å². The average molecular weight is 805 g/mol. The van der Waals surface area contributed by atoms with Crippen molar-refractivity contribution in [2.45, 2.75) is 244 Å². The molecule has 0 saturated heterocycles. The molecule has 0 bridgehead atoms. The number of unbranched alkanes of at least 4 members (excludes halogenated alkanes) is 31. The molecule has 0 fully saturated rings. The molecule has 0 radical (unpaired) electrons. The van der Waals surface area contributed by atoms with Crippen molar-refractivity contribution in [1.29, 1.82) is 0 Å². The van der Waals surface area contributed by atoms with Gasteiger partial charge in [0.1, 0.15) is 12.7 Å². The molecule has 55 heavy (non-hydrogen) atoms. The highest BCUT2D eigenvalue weighted by Gasteiger charge is 2.26. The highest BCUT2D eigenvalue weighted by molar-refractivity contribution is 7.47. The van der Waals surface area contributed by atoms with Gasteiger partial charge in [-0.15, -0.1) is 0 Å². The normalized spacial score (nSPS) is 14.0. The van der Waals surface area contributed by atoms with Crippen LogP contribution in [-0.2, 0) is 27.9 Å². The molecular formula is C45H89O9P. The molecule has 0 saturated carbocycles. The fourth-order valence-corrected chi connectivity index (χ4v) is 7.52. The Bertz CT molecular complexity index is 871. The first kappa shape index (κ1) is 54.0. The van der Waals surface area contributed by atoms with Crippen LogP contribution in [0.3, 0.4) is 0 Å². The lowest BCUT2D eigenvalue weighted by atomic mass is 10.0. The zero-order valence-corrected chi connectivity index (χ0v) is 36.8. The van der Waals surface area contributed by atoms with E-state index in [1.165, 1.54) is 180 Å². The molecule has 0 aromatic rings. The van der Waals surface area contributed by atoms with E-state index in [1.54, 1.807) is 6.26 Å². The number of aliphatic hydroxyl groups excluding tert-OH is 2. The van der Waals surface area contributed by atoms with Gasteiger partial charge >= 0.3 is 13.8 Å². The molecule has 328 valence electrons. The summed E-state index contributed by atoms with van der Waals surface area (Å²) in [5, 5.41) is 18.4. The predicted octanol–water partition coefficient (Wildman–Crippen LogP) is 13.2. The summed E-state index contributed by atoms with van der Waals surface area (Å²) in [6.07, 6.45) is 44.0. The molecule has 3 N–H and O–H groups in total. The average Bonchev–Trinajstić information content (AvgIpc) is 3.18. The monoisotopic (exact) mass is 805 g/mol. The Hall–Kier alpha value is -0.960. The molecule has 0 rings (SSSR count). The fourth-order valence-electron chi connectivity index (χ4n) is 6.74. The van der Waals surface area contributed by atoms with Gasteiger partial charge in [-0.3, -0.25) is 13.8 Å². The van der Waals surface area contributed by atoms with Crippen molar-refractivity contribution in [3.8, 4) is 0 Å². The Morgan fingerprint density at radius 3 is 1.31 bits per heavy atom. The third-order valence-electron chi connectivity index (χ3n) is 10.3. The first-order valence-corrected chi connectivity index (χ1v) is 24.7. The maximum Gasteiger partial charge on any atom is 0.472 e. The molecule has 0 aliphatic carbocycles. The molecule has 0 aliphatic heterocycles. The van der Waals surface area contributed by atoms with Crippen LogP contribution in [0.1, 0.15) is 232 Å². The Morgan fingerprint density at radius 2 is 0.909 bits per heavy atom. The second kappa shape index (κ2) is 42.6. The van der Waals surface area contributed by atoms with E-state index in [2.05, 4.69) is 13.8 Å². The Morgan fingerprint density at radius 1 is 0.545 bits per heavy atom. The van der Waals surface area contributed by atoms with Crippen molar-refractivity contribution in [2.75, 3.05) is 26.4 Å². The summed E-state index contributed by atoms with van der Waals surface area (Å²) in [5.74, 6) is -0.399. The number of hydrogen-bond donors (Lipinski definition) is 3. The van der Waals surface area contributed by atoms with Gasteiger partial charge in [-0.2, -0.15) is 0 Å². The Kier molecular flexibility index (Phi) is 41.9. The lowest BCUT2D eigenvalue weighted by Gasteiger charge is -2.20. The molecule has 9 nitrogen and oxygen atoms in total. The van der Waals surface area contributed by atoms with Crippen LogP contribution < -0.4 is 0 Å². The smallest absolute Gasteiger partial charge is 0.472 e. The molecule has 10 heteroatoms. The molecule has 0 aromatic heterocycles. The quantitative estimate of drug-likeness (QED) is 0.0238. The molecule has 0 spiro atoms. The highest BCUT2D eigenvalue weighted by Crippen LogP contribution is 2.43. The van der Waals surface area contributed by atoms with Gasteiger partial charge in [-0.25, -0.2) is 4.57 Å². The van der Waals surface area contributed by atoms with Crippen molar-refractivity contribution in [3.63, 3.8) is 0 Å². The second-order valence-electron chi connectivity index (χ2n) is 15.9. The van der Waals surface area contributed by atoms with Crippen LogP contribution in [0.2, 0.25) is 0 Å². The van der Waals surface area contributed by atoms with E-state index in [4.69, 9.17) is 23.6 Å². The number of hydrogen-bond acceptors (Lipinski definition) is 8. The fraction of sp³-hybridized carbons (Fsp3) is 0.933. The van der Waals surface area contributed by atoms with E-state index in [0.717, 1.165) is 32.1 Å². The summed E-state index contributed by atoms with van der Waals surface area (Å²) in [7, 11) is -4.53. The SMILES string of the molecule is CCCCCCCCCCCCCCCCCC/C=C\OC[C@H](COP(=O)(O)OC[C@@H](O)CO)OC(=O)CCCCCCCCCCCCCCCCCC. The van der Waals surface area contributed by atoms with Gasteiger partial charge in [-0.05, 0) is 25.3 Å². The van der Waals surface area contributed by atoms with E-state index >= 15 is 0 Å². The van der Waals surface area contributed by atoms with Gasteiger partial charge in [0.15, 0.2) is 6.10 Å². The first-order chi connectivity index (χ1) is 26.8. The molecular weight excluding hydrogens is 715 g/mol. The minimum Gasteiger partial charge on any atom is -0.498 e. The van der Waals surface area contributed by atoms with Gasteiger partial charge in [0.2, 0.25) is 0 Å². The summed E-state index contributed by atoms with van der Waals surface area (Å²) in [6, 6.07) is 0. The Labute approximate surface area is 339 Å². The van der Waals surface area contributed by atoms with Gasteiger partial charge in [0.05, 0.1) is 26.1 Å². The summed E-state index contributed by atoms with van der Waals surface area (Å²) in [6.45, 7) is 2.93. The van der Waals surface area contributed by atoms with Crippen LogP contribution >= 0.6 is 7.82 Å². The zero-order chi connectivity index (χ0) is 40.3. The van der Waals surface area contributed by atoms with Gasteiger partial charge < -0.3 is 24.6 Å². The number of aliphatic hydroxyl groups is 2. The minimum atomic E-state index is -4.53. The first-order valence-electron chi connectivity index (χ1n) is 23.2. The maximum absolute atomic E-state index is 12.6. The van der Waals surface area contributed by atoms with Crippen molar-refractivity contribution >= 4 is 13.8 Å². The topological polar surface area (TPSA) is 132 Å². The third-order valence-corrected chi connectivity index (χ3v) is 11.2. The lowest BCUT2D eigenvalue weighted by molar-refractivity contribution is -0.153. The molecule has 1 unspecified atom stereocenters. The third kappa shape index (κ3) is 42.5. The van der Waals surface area contributed by atoms with E-state index in [1.807, 2.05) is 6.08 Å². The van der Waals surface area contributed by atoms with Crippen LogP contribution in [0.15, 0.2) is 12.3 Å². The second-order valence-corrected chi connectivity index (χ2v) is 17.3. The van der Waals surface area contributed by atoms with Crippen LogP contribution in [0, 0.1) is 0 Å². The molecule has 0 heterocycles. The number of carbonyl (C=O) groups excluding carboxylic acids is 1. The van der Waals surface area contributed by atoms with E-state index in [-0.39, 0.29) is 13.0 Å². The van der Waals surface area contributed by atoms with Crippen molar-refractivity contribution in [2.24, 2.45) is 0 Å². The molecule has 3 atom stereocenters. The number of ether oxygens (including phenoxy) is 2. The molecule has 0 aromatic carbocycles. The van der Waals surface area contributed by atoms with Crippen LogP contribution in [0.25, 0.3) is 0 Å².